The van der Waals surface area contributed by atoms with Crippen LogP contribution in [0, 0.1) is 12.7 Å². The van der Waals surface area contributed by atoms with Crippen molar-refractivity contribution in [3.63, 3.8) is 0 Å². The third-order valence-corrected chi connectivity index (χ3v) is 3.20. The number of benzene rings is 2. The second-order valence-corrected chi connectivity index (χ2v) is 4.97. The van der Waals surface area contributed by atoms with Gasteiger partial charge in [-0.25, -0.2) is 4.39 Å². The topological polar surface area (TPSA) is 20.2 Å². The van der Waals surface area contributed by atoms with Crippen LogP contribution in [0.25, 0.3) is 0 Å². The van der Waals surface area contributed by atoms with E-state index in [2.05, 4.69) is 0 Å². The summed E-state index contributed by atoms with van der Waals surface area (Å²) in [6.07, 6.45) is -0.995. The molecule has 4 heteroatoms. The van der Waals surface area contributed by atoms with Crippen molar-refractivity contribution < 1.29 is 9.50 Å². The molecule has 0 amide bonds. The SMILES string of the molecule is Cc1cc(Cl)cc(C(O)c2cc(F)ccc2Cl)c1. The van der Waals surface area contributed by atoms with Crippen molar-refractivity contribution in [1.29, 1.82) is 0 Å². The Balaban J connectivity index is 2.47. The Morgan fingerprint density at radius 1 is 1.11 bits per heavy atom. The first kappa shape index (κ1) is 13.3. The molecule has 0 bridgehead atoms. The van der Waals surface area contributed by atoms with Crippen molar-refractivity contribution in [3.8, 4) is 0 Å². The maximum absolute atomic E-state index is 13.2. The van der Waals surface area contributed by atoms with E-state index in [-0.39, 0.29) is 0 Å². The Kier molecular flexibility index (Phi) is 3.91. The van der Waals surface area contributed by atoms with E-state index in [1.165, 1.54) is 18.2 Å². The molecular formula is C14H11Cl2FO. The average Bonchev–Trinajstić information content (AvgIpc) is 2.30. The third-order valence-electron chi connectivity index (χ3n) is 2.63. The van der Waals surface area contributed by atoms with E-state index in [0.717, 1.165) is 5.56 Å². The fourth-order valence-corrected chi connectivity index (χ4v) is 2.35. The summed E-state index contributed by atoms with van der Waals surface area (Å²) in [6.45, 7) is 1.87. The molecule has 0 heterocycles. The Hall–Kier alpha value is -1.09. The van der Waals surface area contributed by atoms with Crippen molar-refractivity contribution in [2.45, 2.75) is 13.0 Å². The van der Waals surface area contributed by atoms with E-state index in [1.54, 1.807) is 18.2 Å². The predicted octanol–water partition coefficient (Wildman–Crippen LogP) is 4.52. The zero-order valence-electron chi connectivity index (χ0n) is 9.62. The smallest absolute Gasteiger partial charge is 0.123 e. The second-order valence-electron chi connectivity index (χ2n) is 4.13. The van der Waals surface area contributed by atoms with Crippen molar-refractivity contribution >= 4 is 23.2 Å². The molecule has 1 N–H and O–H groups in total. The maximum atomic E-state index is 13.2. The Morgan fingerprint density at radius 2 is 1.83 bits per heavy atom. The monoisotopic (exact) mass is 284 g/mol. The summed E-state index contributed by atoms with van der Waals surface area (Å²) >= 11 is 11.9. The van der Waals surface area contributed by atoms with Crippen LogP contribution in [0.5, 0.6) is 0 Å². The van der Waals surface area contributed by atoms with Gasteiger partial charge in [0.2, 0.25) is 0 Å². The molecule has 0 aliphatic heterocycles. The van der Waals surface area contributed by atoms with E-state index in [0.29, 0.717) is 21.2 Å². The summed E-state index contributed by atoms with van der Waals surface area (Å²) in [4.78, 5) is 0. The van der Waals surface area contributed by atoms with Crippen LogP contribution in [0.1, 0.15) is 22.8 Å². The fourth-order valence-electron chi connectivity index (χ4n) is 1.83. The summed E-state index contributed by atoms with van der Waals surface area (Å²) in [6, 6.07) is 9.11. The molecule has 1 unspecified atom stereocenters. The molecule has 1 atom stereocenters. The number of rotatable bonds is 2. The summed E-state index contributed by atoms with van der Waals surface area (Å²) in [5.41, 5.74) is 1.84. The number of aliphatic hydroxyl groups excluding tert-OH is 1. The standard InChI is InChI=1S/C14H11Cl2FO/c1-8-4-9(6-10(15)5-8)14(18)12-7-11(17)2-3-13(12)16/h2-7,14,18H,1H3. The molecule has 2 aromatic carbocycles. The minimum atomic E-state index is -0.995. The van der Waals surface area contributed by atoms with Crippen LogP contribution >= 0.6 is 23.2 Å². The lowest BCUT2D eigenvalue weighted by atomic mass is 10.00. The van der Waals surface area contributed by atoms with Gasteiger partial charge < -0.3 is 5.11 Å². The van der Waals surface area contributed by atoms with E-state index in [4.69, 9.17) is 23.2 Å². The van der Waals surface area contributed by atoms with Crippen LogP contribution in [0.2, 0.25) is 10.0 Å². The van der Waals surface area contributed by atoms with E-state index < -0.39 is 11.9 Å². The van der Waals surface area contributed by atoms with Crippen LogP contribution in [0.15, 0.2) is 36.4 Å². The van der Waals surface area contributed by atoms with Crippen molar-refractivity contribution in [2.75, 3.05) is 0 Å². The lowest BCUT2D eigenvalue weighted by Gasteiger charge is -2.14. The molecule has 94 valence electrons. The van der Waals surface area contributed by atoms with Gasteiger partial charge >= 0.3 is 0 Å². The average molecular weight is 285 g/mol. The quantitative estimate of drug-likeness (QED) is 0.860. The van der Waals surface area contributed by atoms with Gasteiger partial charge in [0.15, 0.2) is 0 Å². The lowest BCUT2D eigenvalue weighted by molar-refractivity contribution is 0.220. The third kappa shape index (κ3) is 2.83. The first-order chi connectivity index (χ1) is 8.47. The minimum absolute atomic E-state index is 0.321. The molecule has 0 fully saturated rings. The molecule has 0 radical (unpaired) electrons. The minimum Gasteiger partial charge on any atom is -0.384 e. The zero-order chi connectivity index (χ0) is 13.3. The highest BCUT2D eigenvalue weighted by molar-refractivity contribution is 6.31. The molecule has 0 aliphatic carbocycles. The van der Waals surface area contributed by atoms with E-state index in [1.807, 2.05) is 6.92 Å². The maximum Gasteiger partial charge on any atom is 0.123 e. The zero-order valence-corrected chi connectivity index (χ0v) is 11.1. The van der Waals surface area contributed by atoms with Gasteiger partial charge in [0.25, 0.3) is 0 Å². The highest BCUT2D eigenvalue weighted by Gasteiger charge is 2.15. The summed E-state index contributed by atoms with van der Waals surface area (Å²) in [7, 11) is 0. The first-order valence-electron chi connectivity index (χ1n) is 5.37. The van der Waals surface area contributed by atoms with Crippen LogP contribution in [0.3, 0.4) is 0 Å². The number of aryl methyl sites for hydroxylation is 1. The van der Waals surface area contributed by atoms with Gasteiger partial charge in [0.1, 0.15) is 11.9 Å². The number of hydrogen-bond acceptors (Lipinski definition) is 1. The number of hydrogen-bond donors (Lipinski definition) is 1. The molecule has 2 rings (SSSR count). The van der Waals surface area contributed by atoms with Gasteiger partial charge in [-0.3, -0.25) is 0 Å². The first-order valence-corrected chi connectivity index (χ1v) is 6.13. The molecule has 1 nitrogen and oxygen atoms in total. The number of halogens is 3. The second kappa shape index (κ2) is 5.27. The highest BCUT2D eigenvalue weighted by atomic mass is 35.5. The van der Waals surface area contributed by atoms with Crippen LogP contribution in [-0.4, -0.2) is 5.11 Å². The van der Waals surface area contributed by atoms with E-state index >= 15 is 0 Å². The van der Waals surface area contributed by atoms with Gasteiger partial charge in [-0.2, -0.15) is 0 Å². The summed E-state index contributed by atoms with van der Waals surface area (Å²) in [5, 5.41) is 11.1. The van der Waals surface area contributed by atoms with Crippen molar-refractivity contribution in [2.24, 2.45) is 0 Å². The van der Waals surface area contributed by atoms with E-state index in [9.17, 15) is 9.50 Å². The Bertz CT molecular complexity index is 564. The molecule has 0 aliphatic rings. The molecule has 2 aromatic rings. The van der Waals surface area contributed by atoms with Crippen molar-refractivity contribution in [1.82, 2.24) is 0 Å². The Labute approximate surface area is 115 Å². The molecule has 0 saturated carbocycles. The lowest BCUT2D eigenvalue weighted by Crippen LogP contribution is -2.01. The fraction of sp³-hybridized carbons (Fsp3) is 0.143. The van der Waals surface area contributed by atoms with Gasteiger partial charge in [-0.1, -0.05) is 29.3 Å². The highest BCUT2D eigenvalue weighted by Crippen LogP contribution is 2.30. The van der Waals surface area contributed by atoms with Crippen LogP contribution in [-0.2, 0) is 0 Å². The molecule has 0 saturated heterocycles. The largest absolute Gasteiger partial charge is 0.384 e. The van der Waals surface area contributed by atoms with Crippen LogP contribution in [0.4, 0.5) is 4.39 Å². The summed E-state index contributed by atoms with van der Waals surface area (Å²) in [5.74, 6) is -0.438. The normalized spacial score (nSPS) is 12.5. The van der Waals surface area contributed by atoms with Gasteiger partial charge in [0, 0.05) is 15.6 Å². The molecule has 18 heavy (non-hydrogen) atoms. The van der Waals surface area contributed by atoms with Crippen molar-refractivity contribution in [3.05, 3.63) is 69.0 Å². The van der Waals surface area contributed by atoms with Crippen LogP contribution < -0.4 is 0 Å². The molecule has 0 aromatic heterocycles. The molecular weight excluding hydrogens is 274 g/mol. The van der Waals surface area contributed by atoms with Gasteiger partial charge in [-0.05, 0) is 48.4 Å². The van der Waals surface area contributed by atoms with Gasteiger partial charge in [-0.15, -0.1) is 0 Å². The predicted molar refractivity (Wildman–Crippen MR) is 71.7 cm³/mol. The molecule has 0 spiro atoms. The van der Waals surface area contributed by atoms with Gasteiger partial charge in [0.05, 0.1) is 0 Å². The number of aliphatic hydroxyl groups is 1. The summed E-state index contributed by atoms with van der Waals surface area (Å²) < 4.78 is 13.2. The Morgan fingerprint density at radius 3 is 2.50 bits per heavy atom.